The third-order valence-corrected chi connectivity index (χ3v) is 3.56. The van der Waals surface area contributed by atoms with Crippen LogP contribution in [0.2, 0.25) is 0 Å². The highest BCUT2D eigenvalue weighted by atomic mass is 16.3. The molecule has 1 aliphatic carbocycles. The van der Waals surface area contributed by atoms with Gasteiger partial charge in [0.1, 0.15) is 5.76 Å². The van der Waals surface area contributed by atoms with Crippen LogP contribution >= 0.6 is 0 Å². The Bertz CT molecular complexity index is 546. The fourth-order valence-electron chi connectivity index (χ4n) is 2.23. The summed E-state index contributed by atoms with van der Waals surface area (Å²) in [6.07, 6.45) is 7.95. The van der Waals surface area contributed by atoms with Crippen molar-refractivity contribution < 1.29 is 4.42 Å². The Labute approximate surface area is 125 Å². The Morgan fingerprint density at radius 3 is 2.67 bits per heavy atom. The number of furan rings is 1. The van der Waals surface area contributed by atoms with Gasteiger partial charge < -0.3 is 14.6 Å². The fraction of sp³-hybridized carbons (Fsp3) is 0.500. The van der Waals surface area contributed by atoms with Crippen LogP contribution in [0.25, 0.3) is 0 Å². The summed E-state index contributed by atoms with van der Waals surface area (Å²) in [4.78, 5) is 11.3. The van der Waals surface area contributed by atoms with Crippen molar-refractivity contribution in [1.29, 1.82) is 0 Å². The van der Waals surface area contributed by atoms with Crippen LogP contribution < -0.4 is 10.2 Å². The zero-order valence-corrected chi connectivity index (χ0v) is 12.6. The van der Waals surface area contributed by atoms with Crippen LogP contribution in [-0.2, 0) is 13.1 Å². The summed E-state index contributed by atoms with van der Waals surface area (Å²) in [5, 5.41) is 3.37. The summed E-state index contributed by atoms with van der Waals surface area (Å²) in [7, 11) is 0. The lowest BCUT2D eigenvalue weighted by Crippen LogP contribution is -2.27. The first kappa shape index (κ1) is 14.1. The molecule has 1 saturated carbocycles. The quantitative estimate of drug-likeness (QED) is 0.848. The molecular formula is C16H22N4O. The molecule has 0 aliphatic heterocycles. The summed E-state index contributed by atoms with van der Waals surface area (Å²) < 4.78 is 5.44. The highest BCUT2D eigenvalue weighted by Crippen LogP contribution is 2.31. The van der Waals surface area contributed by atoms with Crippen molar-refractivity contribution in [3.05, 3.63) is 42.1 Å². The van der Waals surface area contributed by atoms with Crippen molar-refractivity contribution in [2.75, 3.05) is 4.90 Å². The van der Waals surface area contributed by atoms with Crippen LogP contribution in [0.3, 0.4) is 0 Å². The summed E-state index contributed by atoms with van der Waals surface area (Å²) in [6, 6.07) is 4.93. The minimum absolute atomic E-state index is 0.464. The lowest BCUT2D eigenvalue weighted by atomic mass is 10.3. The van der Waals surface area contributed by atoms with E-state index in [4.69, 9.17) is 4.42 Å². The average molecular weight is 286 g/mol. The molecule has 0 amide bonds. The van der Waals surface area contributed by atoms with Gasteiger partial charge in [-0.15, -0.1) is 0 Å². The molecule has 0 saturated heterocycles. The molecule has 2 heterocycles. The van der Waals surface area contributed by atoms with Gasteiger partial charge in [-0.05, 0) is 25.0 Å². The first-order chi connectivity index (χ1) is 10.2. The molecule has 2 aromatic heterocycles. The third-order valence-electron chi connectivity index (χ3n) is 3.56. The molecule has 1 aliphatic rings. The molecular weight excluding hydrogens is 264 g/mol. The second-order valence-corrected chi connectivity index (χ2v) is 5.87. The van der Waals surface area contributed by atoms with Crippen molar-refractivity contribution in [3.8, 4) is 0 Å². The summed E-state index contributed by atoms with van der Waals surface area (Å²) in [5.41, 5.74) is 1.11. The van der Waals surface area contributed by atoms with Gasteiger partial charge >= 0.3 is 0 Å². The monoisotopic (exact) mass is 286 g/mol. The number of rotatable bonds is 7. The number of hydrogen-bond donors (Lipinski definition) is 1. The van der Waals surface area contributed by atoms with E-state index in [-0.39, 0.29) is 0 Å². The minimum Gasteiger partial charge on any atom is -0.467 e. The normalized spacial score (nSPS) is 14.6. The average Bonchev–Trinajstić information content (AvgIpc) is 3.20. The third kappa shape index (κ3) is 3.82. The molecule has 0 bridgehead atoms. The van der Waals surface area contributed by atoms with Crippen molar-refractivity contribution in [3.63, 3.8) is 0 Å². The number of aromatic nitrogens is 2. The van der Waals surface area contributed by atoms with Crippen LogP contribution in [0.15, 0.2) is 35.2 Å². The molecule has 112 valence electrons. The molecule has 1 N–H and O–H groups in total. The van der Waals surface area contributed by atoms with E-state index in [1.807, 2.05) is 24.5 Å². The summed E-state index contributed by atoms with van der Waals surface area (Å²) in [5.74, 6) is 1.75. The van der Waals surface area contributed by atoms with Gasteiger partial charge in [0.15, 0.2) is 0 Å². The molecule has 2 aromatic rings. The Morgan fingerprint density at radius 1 is 1.33 bits per heavy atom. The van der Waals surface area contributed by atoms with Crippen molar-refractivity contribution in [1.82, 2.24) is 15.3 Å². The fourth-order valence-corrected chi connectivity index (χ4v) is 2.23. The van der Waals surface area contributed by atoms with Gasteiger partial charge in [0.25, 0.3) is 0 Å². The Hall–Kier alpha value is -1.88. The van der Waals surface area contributed by atoms with Gasteiger partial charge in [0.05, 0.1) is 12.8 Å². The highest BCUT2D eigenvalue weighted by Gasteiger charge is 2.31. The van der Waals surface area contributed by atoms with E-state index in [9.17, 15) is 0 Å². The van der Waals surface area contributed by atoms with Crippen LogP contribution in [-0.4, -0.2) is 22.1 Å². The van der Waals surface area contributed by atoms with Crippen LogP contribution in [0.1, 0.15) is 38.0 Å². The van der Waals surface area contributed by atoms with Crippen LogP contribution in [0.5, 0.6) is 0 Å². The van der Waals surface area contributed by atoms with E-state index in [0.717, 1.165) is 30.4 Å². The molecule has 21 heavy (non-hydrogen) atoms. The second-order valence-electron chi connectivity index (χ2n) is 5.87. The van der Waals surface area contributed by atoms with E-state index in [0.29, 0.717) is 12.1 Å². The zero-order chi connectivity index (χ0) is 14.7. The Morgan fingerprint density at radius 2 is 2.10 bits per heavy atom. The van der Waals surface area contributed by atoms with E-state index in [1.54, 1.807) is 6.26 Å². The van der Waals surface area contributed by atoms with E-state index < -0.39 is 0 Å². The lowest BCUT2D eigenvalue weighted by molar-refractivity contribution is 0.499. The predicted molar refractivity (Wildman–Crippen MR) is 81.9 cm³/mol. The summed E-state index contributed by atoms with van der Waals surface area (Å²) >= 11 is 0. The number of nitrogens with zero attached hydrogens (tertiary/aromatic N) is 3. The van der Waals surface area contributed by atoms with Crippen LogP contribution in [0.4, 0.5) is 5.95 Å². The molecule has 0 spiro atoms. The van der Waals surface area contributed by atoms with Gasteiger partial charge in [-0.3, -0.25) is 0 Å². The maximum atomic E-state index is 5.44. The summed E-state index contributed by atoms with van der Waals surface area (Å²) in [6.45, 7) is 5.81. The SMILES string of the molecule is CC(C)NCc1cnc(N(Cc2ccco2)C2CC2)nc1. The Balaban J connectivity index is 1.68. The van der Waals surface area contributed by atoms with Gasteiger partial charge in [0, 0.05) is 36.6 Å². The molecule has 5 nitrogen and oxygen atoms in total. The minimum atomic E-state index is 0.464. The molecule has 0 atom stereocenters. The van der Waals surface area contributed by atoms with E-state index in [2.05, 4.69) is 34.0 Å². The van der Waals surface area contributed by atoms with Crippen LogP contribution in [0, 0.1) is 0 Å². The first-order valence-electron chi connectivity index (χ1n) is 7.55. The molecule has 3 rings (SSSR count). The van der Waals surface area contributed by atoms with Crippen molar-refractivity contribution in [2.45, 2.75) is 51.9 Å². The molecule has 0 unspecified atom stereocenters. The highest BCUT2D eigenvalue weighted by molar-refractivity contribution is 5.34. The molecule has 0 aromatic carbocycles. The lowest BCUT2D eigenvalue weighted by Gasteiger charge is -2.21. The van der Waals surface area contributed by atoms with Gasteiger partial charge in [-0.2, -0.15) is 0 Å². The molecule has 0 radical (unpaired) electrons. The van der Waals surface area contributed by atoms with Crippen molar-refractivity contribution in [2.24, 2.45) is 0 Å². The maximum Gasteiger partial charge on any atom is 0.225 e. The Kier molecular flexibility index (Phi) is 4.20. The van der Waals surface area contributed by atoms with Gasteiger partial charge in [0.2, 0.25) is 5.95 Å². The zero-order valence-electron chi connectivity index (χ0n) is 12.6. The number of anilines is 1. The van der Waals surface area contributed by atoms with E-state index >= 15 is 0 Å². The molecule has 1 fully saturated rings. The first-order valence-corrected chi connectivity index (χ1v) is 7.55. The largest absolute Gasteiger partial charge is 0.467 e. The van der Waals surface area contributed by atoms with Gasteiger partial charge in [-0.1, -0.05) is 13.8 Å². The van der Waals surface area contributed by atoms with Crippen molar-refractivity contribution >= 4 is 5.95 Å². The maximum absolute atomic E-state index is 5.44. The second kappa shape index (κ2) is 6.26. The smallest absolute Gasteiger partial charge is 0.225 e. The standard InChI is InChI=1S/C16H22N4O/c1-12(2)17-8-13-9-18-16(19-10-13)20(14-5-6-14)11-15-4-3-7-21-15/h3-4,7,9-10,12,14,17H,5-6,8,11H2,1-2H3. The van der Waals surface area contributed by atoms with Gasteiger partial charge in [-0.25, -0.2) is 9.97 Å². The molecule has 5 heteroatoms. The number of nitrogens with one attached hydrogen (secondary N) is 1. The predicted octanol–water partition coefficient (Wildman–Crippen LogP) is 2.74. The van der Waals surface area contributed by atoms with E-state index in [1.165, 1.54) is 12.8 Å². The number of hydrogen-bond acceptors (Lipinski definition) is 5. The topological polar surface area (TPSA) is 54.2 Å².